The van der Waals surface area contributed by atoms with Gasteiger partial charge in [0.05, 0.1) is 27.6 Å². The summed E-state index contributed by atoms with van der Waals surface area (Å²) in [5.74, 6) is 0. The first-order valence-corrected chi connectivity index (χ1v) is 31.1. The van der Waals surface area contributed by atoms with Gasteiger partial charge in [-0.1, -0.05) is 217 Å². The standard InChI is InChI=1S/C83H74N2O3/c1-79(2,3)51-31-33-54(34-32-51)83(56-40-46-72-64(48-56)63-47-55(82(10,11)12)39-45-71(63)86-72)65-49-67(84(57-23-15-13-16-24-57)59-41-35-52(36-42-59)80(4,5)6)73-61-27-19-21-29-69(61)87-77(73)75(65)76-66(83)50-68(74-62-28-20-22-30-70(62)88-78(74)76)85(58-25-17-14-18-26-58)60-43-37-53(38-44-60)81(7,8)9/h13-50H,1-12H3. The highest BCUT2D eigenvalue weighted by Crippen LogP contribution is 2.65. The molecule has 3 aromatic heterocycles. The van der Waals surface area contributed by atoms with E-state index in [1.54, 1.807) is 0 Å². The number of furan rings is 3. The lowest BCUT2D eigenvalue weighted by molar-refractivity contribution is 0.589. The summed E-state index contributed by atoms with van der Waals surface area (Å²) in [5, 5.41) is 6.25. The van der Waals surface area contributed by atoms with Gasteiger partial charge in [0.15, 0.2) is 0 Å². The minimum absolute atomic E-state index is 0.0475. The summed E-state index contributed by atoms with van der Waals surface area (Å²) in [6.45, 7) is 27.4. The first kappa shape index (κ1) is 55.0. The van der Waals surface area contributed by atoms with Crippen molar-refractivity contribution < 1.29 is 13.3 Å². The van der Waals surface area contributed by atoms with Crippen LogP contribution >= 0.6 is 0 Å². The Morgan fingerprint density at radius 2 is 0.625 bits per heavy atom. The first-order valence-electron chi connectivity index (χ1n) is 31.1. The molecule has 0 unspecified atom stereocenters. The molecule has 1 aliphatic carbocycles. The van der Waals surface area contributed by atoms with Crippen LogP contribution in [0.2, 0.25) is 0 Å². The molecule has 88 heavy (non-hydrogen) atoms. The lowest BCUT2D eigenvalue weighted by Crippen LogP contribution is -2.29. The van der Waals surface area contributed by atoms with Crippen molar-refractivity contribution in [2.24, 2.45) is 0 Å². The topological polar surface area (TPSA) is 45.9 Å². The Bertz CT molecular complexity index is 4810. The molecule has 11 aromatic carbocycles. The van der Waals surface area contributed by atoms with Gasteiger partial charge in [-0.05, 0) is 163 Å². The number of para-hydroxylation sites is 4. The Hall–Kier alpha value is -9.58. The molecular formula is C83H74N2O3. The van der Waals surface area contributed by atoms with Crippen LogP contribution in [0.4, 0.5) is 34.1 Å². The summed E-state index contributed by atoms with van der Waals surface area (Å²) in [7, 11) is 0. The van der Waals surface area contributed by atoms with Gasteiger partial charge in [0.25, 0.3) is 0 Å². The molecule has 3 heterocycles. The number of fused-ring (bicyclic) bond motifs is 14. The number of hydrogen-bond acceptors (Lipinski definition) is 5. The normalized spacial score (nSPS) is 13.5. The van der Waals surface area contributed by atoms with Gasteiger partial charge >= 0.3 is 0 Å². The molecule has 434 valence electrons. The zero-order valence-electron chi connectivity index (χ0n) is 52.6. The molecule has 0 amide bonds. The fourth-order valence-corrected chi connectivity index (χ4v) is 14.1. The molecule has 0 aliphatic heterocycles. The summed E-state index contributed by atoms with van der Waals surface area (Å²) in [5.41, 5.74) is 21.2. The van der Waals surface area contributed by atoms with Crippen molar-refractivity contribution in [3.8, 4) is 11.1 Å². The van der Waals surface area contributed by atoms with Crippen LogP contribution in [-0.2, 0) is 27.1 Å². The van der Waals surface area contributed by atoms with Gasteiger partial charge in [0.1, 0.15) is 33.5 Å². The molecule has 5 heteroatoms. The molecule has 0 N–H and O–H groups in total. The highest BCUT2D eigenvalue weighted by molar-refractivity contribution is 6.25. The number of anilines is 6. The minimum Gasteiger partial charge on any atom is -0.456 e. The third-order valence-electron chi connectivity index (χ3n) is 18.8. The summed E-state index contributed by atoms with van der Waals surface area (Å²) in [4.78, 5) is 4.91. The van der Waals surface area contributed by atoms with Gasteiger partial charge in [-0.15, -0.1) is 0 Å². The van der Waals surface area contributed by atoms with Crippen molar-refractivity contribution in [3.05, 3.63) is 275 Å². The predicted octanol–water partition coefficient (Wildman–Crippen LogP) is 23.9. The monoisotopic (exact) mass is 1150 g/mol. The van der Waals surface area contributed by atoms with E-state index in [-0.39, 0.29) is 21.7 Å². The Morgan fingerprint density at radius 3 is 1.06 bits per heavy atom. The molecule has 0 bridgehead atoms. The second-order valence-electron chi connectivity index (χ2n) is 28.5. The quantitative estimate of drug-likeness (QED) is 0.152. The molecule has 15 rings (SSSR count). The van der Waals surface area contributed by atoms with Crippen molar-refractivity contribution in [1.82, 2.24) is 0 Å². The molecule has 0 radical (unpaired) electrons. The molecule has 5 nitrogen and oxygen atoms in total. The smallest absolute Gasteiger partial charge is 0.145 e. The third kappa shape index (κ3) is 8.63. The predicted molar refractivity (Wildman–Crippen MR) is 370 cm³/mol. The molecule has 0 atom stereocenters. The Kier molecular flexibility index (Phi) is 12.3. The Balaban J connectivity index is 1.17. The van der Waals surface area contributed by atoms with E-state index < -0.39 is 5.41 Å². The maximum absolute atomic E-state index is 7.65. The van der Waals surface area contributed by atoms with Crippen LogP contribution in [-0.4, -0.2) is 0 Å². The zero-order chi connectivity index (χ0) is 60.8. The lowest BCUT2D eigenvalue weighted by atomic mass is 9.66. The van der Waals surface area contributed by atoms with Gasteiger partial charge in [-0.2, -0.15) is 0 Å². The first-order chi connectivity index (χ1) is 42.2. The molecule has 0 spiro atoms. The van der Waals surface area contributed by atoms with Crippen LogP contribution in [0.3, 0.4) is 0 Å². The zero-order valence-corrected chi connectivity index (χ0v) is 52.6. The van der Waals surface area contributed by atoms with Crippen molar-refractivity contribution in [2.45, 2.75) is 110 Å². The SMILES string of the molecule is CC(C)(C)c1ccc(N(c2ccccc2)c2cc3c(c4oc5ccccc5c24)-c2c(cc(N(c4ccccc4)c4ccc(C(C)(C)C)cc4)c4c2oc2ccccc24)C3(c2ccc(C(C)(C)C)cc2)c2ccc3oc4ccc(C(C)(C)C)cc4c3c2)cc1. The van der Waals surface area contributed by atoms with Gasteiger partial charge < -0.3 is 23.1 Å². The van der Waals surface area contributed by atoms with Gasteiger partial charge in [0, 0.05) is 55.4 Å². The maximum atomic E-state index is 7.65. The minimum atomic E-state index is -1.04. The average Bonchev–Trinajstić information content (AvgIpc) is 1.53. The van der Waals surface area contributed by atoms with Crippen molar-refractivity contribution in [1.29, 1.82) is 0 Å². The van der Waals surface area contributed by atoms with Crippen LogP contribution in [0.15, 0.2) is 244 Å². The fraction of sp³-hybridized carbons (Fsp3) is 0.205. The molecule has 0 saturated heterocycles. The van der Waals surface area contributed by atoms with Crippen LogP contribution in [0, 0.1) is 0 Å². The summed E-state index contributed by atoms with van der Waals surface area (Å²) in [6, 6.07) is 85.5. The molecule has 1 aliphatic rings. The van der Waals surface area contributed by atoms with E-state index in [1.807, 2.05) is 0 Å². The molecule has 0 fully saturated rings. The number of benzene rings is 11. The van der Waals surface area contributed by atoms with E-state index in [1.165, 1.54) is 22.3 Å². The van der Waals surface area contributed by atoms with Crippen LogP contribution in [0.1, 0.15) is 128 Å². The highest BCUT2D eigenvalue weighted by atomic mass is 16.3. The Morgan fingerprint density at radius 1 is 0.284 bits per heavy atom. The van der Waals surface area contributed by atoms with Crippen molar-refractivity contribution in [3.63, 3.8) is 0 Å². The summed E-state index contributed by atoms with van der Waals surface area (Å²) >= 11 is 0. The fourth-order valence-electron chi connectivity index (χ4n) is 14.1. The largest absolute Gasteiger partial charge is 0.456 e. The van der Waals surface area contributed by atoms with Gasteiger partial charge in [-0.25, -0.2) is 0 Å². The molecular weight excluding hydrogens is 1070 g/mol. The second-order valence-corrected chi connectivity index (χ2v) is 28.5. The number of nitrogens with zero attached hydrogens (tertiary/aromatic N) is 2. The maximum Gasteiger partial charge on any atom is 0.145 e. The number of rotatable bonds is 8. The van der Waals surface area contributed by atoms with E-state index >= 15 is 0 Å². The Labute approximate surface area is 516 Å². The van der Waals surface area contributed by atoms with Crippen LogP contribution in [0.25, 0.3) is 76.9 Å². The summed E-state index contributed by atoms with van der Waals surface area (Å²) in [6.07, 6.45) is 0. The van der Waals surface area contributed by atoms with Gasteiger partial charge in [0.2, 0.25) is 0 Å². The van der Waals surface area contributed by atoms with E-state index in [2.05, 4.69) is 323 Å². The average molecular weight is 1150 g/mol. The van der Waals surface area contributed by atoms with Crippen molar-refractivity contribution in [2.75, 3.05) is 9.80 Å². The molecule has 14 aromatic rings. The summed E-state index contributed by atoms with van der Waals surface area (Å²) < 4.78 is 22.2. The van der Waals surface area contributed by atoms with Gasteiger partial charge in [-0.3, -0.25) is 0 Å². The van der Waals surface area contributed by atoms with E-state index in [9.17, 15) is 0 Å². The van der Waals surface area contributed by atoms with E-state index in [0.717, 1.165) is 133 Å². The van der Waals surface area contributed by atoms with E-state index in [4.69, 9.17) is 13.3 Å². The lowest BCUT2D eigenvalue weighted by Gasteiger charge is -2.36. The van der Waals surface area contributed by atoms with Crippen LogP contribution < -0.4 is 9.80 Å². The highest BCUT2D eigenvalue weighted by Gasteiger charge is 2.51. The number of hydrogen-bond donors (Lipinski definition) is 0. The van der Waals surface area contributed by atoms with Crippen molar-refractivity contribution >= 4 is 99.9 Å². The van der Waals surface area contributed by atoms with E-state index in [0.29, 0.717) is 0 Å². The second kappa shape index (κ2) is 19.7. The van der Waals surface area contributed by atoms with Crippen LogP contribution in [0.5, 0.6) is 0 Å². The molecule has 0 saturated carbocycles. The third-order valence-corrected chi connectivity index (χ3v) is 18.8.